The van der Waals surface area contributed by atoms with Gasteiger partial charge in [0.15, 0.2) is 0 Å². The minimum Gasteiger partial charge on any atom is -0.368 e. The van der Waals surface area contributed by atoms with Gasteiger partial charge < -0.3 is 5.73 Å². The molecule has 0 aliphatic heterocycles. The number of hydrogen-bond acceptors (Lipinski definition) is 3. The number of aromatic nitrogens is 3. The van der Waals surface area contributed by atoms with E-state index >= 15 is 0 Å². The van der Waals surface area contributed by atoms with Gasteiger partial charge in [-0.15, -0.1) is 5.10 Å². The summed E-state index contributed by atoms with van der Waals surface area (Å²) < 4.78 is 39.4. The number of anilines is 1. The number of aryl methyl sites for hydroxylation is 1. The van der Waals surface area contributed by atoms with Crippen molar-refractivity contribution < 1.29 is 13.2 Å². The molecule has 0 saturated carbocycles. The van der Waals surface area contributed by atoms with Gasteiger partial charge in [0.25, 0.3) is 0 Å². The molecule has 1 aromatic heterocycles. The van der Waals surface area contributed by atoms with Crippen LogP contribution in [-0.2, 0) is 6.18 Å². The van der Waals surface area contributed by atoms with E-state index in [1.165, 1.54) is 10.6 Å². The number of nitrogens with two attached hydrogens (primary N) is 1. The van der Waals surface area contributed by atoms with Crippen LogP contribution in [0.15, 0.2) is 18.2 Å². The van der Waals surface area contributed by atoms with E-state index in [2.05, 4.69) is 10.2 Å². The Morgan fingerprint density at radius 3 is 2.56 bits per heavy atom. The van der Waals surface area contributed by atoms with E-state index < -0.39 is 11.7 Å². The van der Waals surface area contributed by atoms with Crippen LogP contribution in [0.4, 0.5) is 19.1 Å². The summed E-state index contributed by atoms with van der Waals surface area (Å²) in [6.07, 6.45) is -4.41. The second-order valence-corrected chi connectivity index (χ2v) is 4.11. The van der Waals surface area contributed by atoms with Crippen LogP contribution < -0.4 is 5.73 Å². The smallest absolute Gasteiger partial charge is 0.368 e. The summed E-state index contributed by atoms with van der Waals surface area (Å²) in [5.74, 6) is 0.0161. The molecule has 18 heavy (non-hydrogen) atoms. The van der Waals surface area contributed by atoms with Crippen LogP contribution in [0.25, 0.3) is 5.69 Å². The molecule has 0 atom stereocenters. The van der Waals surface area contributed by atoms with Crippen LogP contribution in [0.3, 0.4) is 0 Å². The van der Waals surface area contributed by atoms with Crippen molar-refractivity contribution in [2.24, 2.45) is 0 Å². The quantitative estimate of drug-likeness (QED) is 0.786. The molecule has 96 valence electrons. The summed E-state index contributed by atoms with van der Waals surface area (Å²) in [5.41, 5.74) is 5.70. The first kappa shape index (κ1) is 12.6. The van der Waals surface area contributed by atoms with E-state index in [4.69, 9.17) is 18.0 Å². The van der Waals surface area contributed by atoms with E-state index in [-0.39, 0.29) is 16.4 Å². The summed E-state index contributed by atoms with van der Waals surface area (Å²) in [6, 6.07) is 3.38. The molecule has 0 aliphatic rings. The van der Waals surface area contributed by atoms with Crippen LogP contribution in [-0.4, -0.2) is 14.8 Å². The zero-order valence-electron chi connectivity index (χ0n) is 9.25. The van der Waals surface area contributed by atoms with Gasteiger partial charge in [0, 0.05) is 0 Å². The van der Waals surface area contributed by atoms with E-state index in [0.29, 0.717) is 5.56 Å². The molecule has 8 heteroatoms. The lowest BCUT2D eigenvalue weighted by atomic mass is 10.1. The Morgan fingerprint density at radius 1 is 1.39 bits per heavy atom. The fourth-order valence-corrected chi connectivity index (χ4v) is 1.81. The van der Waals surface area contributed by atoms with Crippen molar-refractivity contribution in [2.45, 2.75) is 13.1 Å². The van der Waals surface area contributed by atoms with Crippen molar-refractivity contribution in [1.29, 1.82) is 0 Å². The number of alkyl halides is 3. The van der Waals surface area contributed by atoms with Crippen molar-refractivity contribution >= 4 is 18.2 Å². The molecule has 0 radical (unpaired) electrons. The van der Waals surface area contributed by atoms with Gasteiger partial charge in [0.2, 0.25) is 10.7 Å². The predicted octanol–water partition coefficient (Wildman–Crippen LogP) is 2.84. The fourth-order valence-electron chi connectivity index (χ4n) is 1.57. The van der Waals surface area contributed by atoms with Crippen molar-refractivity contribution in [1.82, 2.24) is 14.8 Å². The number of nitrogens with one attached hydrogen (secondary N) is 1. The van der Waals surface area contributed by atoms with E-state index in [9.17, 15) is 13.2 Å². The molecule has 2 aromatic rings. The summed E-state index contributed by atoms with van der Waals surface area (Å²) in [4.78, 5) is 0. The number of nitrogens with zero attached hydrogens (tertiary/aromatic N) is 2. The highest BCUT2D eigenvalue weighted by Gasteiger charge is 2.31. The summed E-state index contributed by atoms with van der Waals surface area (Å²) in [5, 5.41) is 6.10. The molecular weight excluding hydrogens is 265 g/mol. The lowest BCUT2D eigenvalue weighted by molar-refractivity contribution is -0.137. The van der Waals surface area contributed by atoms with Crippen molar-refractivity contribution in [3.8, 4) is 5.69 Å². The van der Waals surface area contributed by atoms with Gasteiger partial charge in [-0.05, 0) is 36.8 Å². The number of nitrogen functional groups attached to an aromatic ring is 1. The van der Waals surface area contributed by atoms with E-state index in [1.807, 2.05) is 0 Å². The van der Waals surface area contributed by atoms with Crippen molar-refractivity contribution in [2.75, 3.05) is 5.73 Å². The van der Waals surface area contributed by atoms with E-state index in [0.717, 1.165) is 12.1 Å². The SMILES string of the molecule is Cc1ccc(C(F)(F)F)cc1-n1c(N)n[nH]c1=S. The average molecular weight is 274 g/mol. The molecule has 0 aliphatic carbocycles. The maximum absolute atomic E-state index is 12.7. The minimum atomic E-state index is -4.41. The largest absolute Gasteiger partial charge is 0.416 e. The lowest BCUT2D eigenvalue weighted by Gasteiger charge is -2.12. The second-order valence-electron chi connectivity index (χ2n) is 3.72. The Hall–Kier alpha value is -1.83. The first-order valence-electron chi connectivity index (χ1n) is 4.92. The number of aromatic amines is 1. The molecular formula is C10H9F3N4S. The fraction of sp³-hybridized carbons (Fsp3) is 0.200. The van der Waals surface area contributed by atoms with Crippen molar-refractivity contribution in [3.05, 3.63) is 34.1 Å². The van der Waals surface area contributed by atoms with Crippen LogP contribution in [0, 0.1) is 11.7 Å². The highest BCUT2D eigenvalue weighted by molar-refractivity contribution is 7.71. The lowest BCUT2D eigenvalue weighted by Crippen LogP contribution is -2.08. The van der Waals surface area contributed by atoms with Crippen LogP contribution in [0.5, 0.6) is 0 Å². The third-order valence-electron chi connectivity index (χ3n) is 2.48. The van der Waals surface area contributed by atoms with Gasteiger partial charge in [0.05, 0.1) is 11.3 Å². The first-order chi connectivity index (χ1) is 8.30. The van der Waals surface area contributed by atoms with Crippen molar-refractivity contribution in [3.63, 3.8) is 0 Å². The van der Waals surface area contributed by atoms with Crippen LogP contribution in [0.2, 0.25) is 0 Å². The molecule has 3 N–H and O–H groups in total. The molecule has 1 heterocycles. The molecule has 0 unspecified atom stereocenters. The molecule has 0 fully saturated rings. The molecule has 1 aromatic carbocycles. The predicted molar refractivity (Wildman–Crippen MR) is 62.9 cm³/mol. The van der Waals surface area contributed by atoms with Crippen LogP contribution in [0.1, 0.15) is 11.1 Å². The zero-order valence-corrected chi connectivity index (χ0v) is 10.1. The highest BCUT2D eigenvalue weighted by atomic mass is 32.1. The van der Waals surface area contributed by atoms with Gasteiger partial charge in [-0.1, -0.05) is 6.07 Å². The number of hydrogen-bond donors (Lipinski definition) is 2. The Labute approximate surface area is 105 Å². The zero-order chi connectivity index (χ0) is 13.5. The Bertz CT molecular complexity index is 641. The number of benzene rings is 1. The van der Waals surface area contributed by atoms with Gasteiger partial charge in [-0.3, -0.25) is 4.57 Å². The van der Waals surface area contributed by atoms with Gasteiger partial charge in [0.1, 0.15) is 0 Å². The average Bonchev–Trinajstić information content (AvgIpc) is 2.58. The van der Waals surface area contributed by atoms with Gasteiger partial charge in [-0.2, -0.15) is 13.2 Å². The second kappa shape index (κ2) is 4.13. The highest BCUT2D eigenvalue weighted by Crippen LogP contribution is 2.31. The summed E-state index contributed by atoms with van der Waals surface area (Å²) in [7, 11) is 0. The normalized spacial score (nSPS) is 11.8. The molecule has 0 spiro atoms. The number of halogens is 3. The Balaban J connectivity index is 2.69. The standard InChI is InChI=1S/C10H9F3N4S/c1-5-2-3-6(10(11,12)13)4-7(5)17-8(14)15-16-9(17)18/h2-4H,1H3,(H2,14,15)(H,16,18). The third kappa shape index (κ3) is 2.10. The topological polar surface area (TPSA) is 59.6 Å². The first-order valence-corrected chi connectivity index (χ1v) is 5.32. The Kier molecular flexibility index (Phi) is 2.89. The van der Waals surface area contributed by atoms with E-state index in [1.54, 1.807) is 6.92 Å². The maximum atomic E-state index is 12.7. The molecule has 0 saturated heterocycles. The maximum Gasteiger partial charge on any atom is 0.416 e. The summed E-state index contributed by atoms with van der Waals surface area (Å²) >= 11 is 4.93. The molecule has 0 amide bonds. The summed E-state index contributed by atoms with van der Waals surface area (Å²) in [6.45, 7) is 1.67. The Morgan fingerprint density at radius 2 is 2.06 bits per heavy atom. The molecule has 0 bridgehead atoms. The molecule has 2 rings (SSSR count). The van der Waals surface area contributed by atoms with Gasteiger partial charge in [-0.25, -0.2) is 5.10 Å². The van der Waals surface area contributed by atoms with Crippen LogP contribution >= 0.6 is 12.2 Å². The molecule has 4 nitrogen and oxygen atoms in total. The number of rotatable bonds is 1. The van der Waals surface area contributed by atoms with Gasteiger partial charge >= 0.3 is 6.18 Å². The third-order valence-corrected chi connectivity index (χ3v) is 2.75. The minimum absolute atomic E-state index is 0.0161. The number of H-pyrrole nitrogens is 1. The monoisotopic (exact) mass is 274 g/mol.